The second-order valence-corrected chi connectivity index (χ2v) is 4.19. The van der Waals surface area contributed by atoms with E-state index in [1.165, 1.54) is 5.69 Å². The molecule has 17 heavy (non-hydrogen) atoms. The molecule has 1 aromatic heterocycles. The molecular weight excluding hydrogens is 218 g/mol. The molecule has 0 unspecified atom stereocenters. The molecule has 0 bridgehead atoms. The van der Waals surface area contributed by atoms with Gasteiger partial charge in [-0.3, -0.25) is 9.48 Å². The van der Waals surface area contributed by atoms with Gasteiger partial charge in [-0.1, -0.05) is 0 Å². The highest BCUT2D eigenvalue weighted by atomic mass is 16.5. The minimum absolute atomic E-state index is 0.145. The predicted octanol–water partition coefficient (Wildman–Crippen LogP) is 0.872. The fraction of sp³-hybridized carbons (Fsp3) is 0.667. The molecule has 1 aliphatic heterocycles. The molecule has 0 saturated carbocycles. The highest BCUT2D eigenvalue weighted by molar-refractivity contribution is 5.69. The summed E-state index contributed by atoms with van der Waals surface area (Å²) in [6.45, 7) is 5.14. The van der Waals surface area contributed by atoms with Crippen molar-refractivity contribution in [3.63, 3.8) is 0 Å². The van der Waals surface area contributed by atoms with Crippen molar-refractivity contribution in [1.82, 2.24) is 15.1 Å². The van der Waals surface area contributed by atoms with Gasteiger partial charge in [-0.15, -0.1) is 0 Å². The Morgan fingerprint density at radius 2 is 2.53 bits per heavy atom. The summed E-state index contributed by atoms with van der Waals surface area (Å²) in [5.41, 5.74) is 2.19. The molecule has 94 valence electrons. The number of ether oxygens (including phenoxy) is 1. The molecule has 0 fully saturated rings. The summed E-state index contributed by atoms with van der Waals surface area (Å²) in [5.74, 6) is -0.145. The van der Waals surface area contributed by atoms with Crippen molar-refractivity contribution in [1.29, 1.82) is 0 Å². The molecule has 0 aliphatic carbocycles. The molecule has 0 saturated heterocycles. The smallest absolute Gasteiger partial charge is 0.306 e. The van der Waals surface area contributed by atoms with Crippen LogP contribution in [0.3, 0.4) is 0 Å². The SMILES string of the molecule is CCOC(=O)CCc1cc2n(n1)CCCNC2. The van der Waals surface area contributed by atoms with Crippen LogP contribution in [0.1, 0.15) is 31.2 Å². The average Bonchev–Trinajstić information content (AvgIpc) is 2.57. The maximum absolute atomic E-state index is 11.2. The van der Waals surface area contributed by atoms with Gasteiger partial charge < -0.3 is 10.1 Å². The van der Waals surface area contributed by atoms with Gasteiger partial charge in [-0.25, -0.2) is 0 Å². The van der Waals surface area contributed by atoms with Gasteiger partial charge in [-0.2, -0.15) is 5.10 Å². The Hall–Kier alpha value is -1.36. The first-order valence-electron chi connectivity index (χ1n) is 6.21. The topological polar surface area (TPSA) is 56.2 Å². The lowest BCUT2D eigenvalue weighted by molar-refractivity contribution is -0.143. The summed E-state index contributed by atoms with van der Waals surface area (Å²) in [6.07, 6.45) is 2.18. The summed E-state index contributed by atoms with van der Waals surface area (Å²) < 4.78 is 6.94. The number of nitrogens with one attached hydrogen (secondary N) is 1. The van der Waals surface area contributed by atoms with Crippen LogP contribution in [0.25, 0.3) is 0 Å². The largest absolute Gasteiger partial charge is 0.466 e. The lowest BCUT2D eigenvalue weighted by Gasteiger charge is -2.00. The molecule has 2 heterocycles. The van der Waals surface area contributed by atoms with Crippen LogP contribution in [0, 0.1) is 0 Å². The maximum atomic E-state index is 11.2. The van der Waals surface area contributed by atoms with Gasteiger partial charge in [0.05, 0.1) is 24.4 Å². The number of rotatable bonds is 4. The lowest BCUT2D eigenvalue weighted by Crippen LogP contribution is -2.11. The van der Waals surface area contributed by atoms with Crippen LogP contribution < -0.4 is 5.32 Å². The van der Waals surface area contributed by atoms with E-state index in [9.17, 15) is 4.79 Å². The number of nitrogens with zero attached hydrogens (tertiary/aromatic N) is 2. The van der Waals surface area contributed by atoms with E-state index in [2.05, 4.69) is 16.5 Å². The standard InChI is InChI=1S/C12H19N3O2/c1-2-17-12(16)5-4-10-8-11-9-13-6-3-7-15(11)14-10/h8,13H,2-7,9H2,1H3. The van der Waals surface area contributed by atoms with Gasteiger partial charge in [0.15, 0.2) is 0 Å². The van der Waals surface area contributed by atoms with Crippen molar-refractivity contribution in [3.05, 3.63) is 17.5 Å². The molecule has 0 radical (unpaired) electrons. The molecule has 0 spiro atoms. The number of hydrogen-bond acceptors (Lipinski definition) is 4. The van der Waals surface area contributed by atoms with E-state index in [1.54, 1.807) is 0 Å². The number of carbonyl (C=O) groups is 1. The molecule has 1 N–H and O–H groups in total. The number of fused-ring (bicyclic) bond motifs is 1. The first-order valence-corrected chi connectivity index (χ1v) is 6.21. The van der Waals surface area contributed by atoms with Crippen LogP contribution >= 0.6 is 0 Å². The van der Waals surface area contributed by atoms with E-state index in [0.29, 0.717) is 19.4 Å². The van der Waals surface area contributed by atoms with E-state index in [0.717, 1.165) is 31.7 Å². The molecule has 1 aliphatic rings. The molecule has 0 aromatic carbocycles. The Morgan fingerprint density at radius 1 is 1.65 bits per heavy atom. The van der Waals surface area contributed by atoms with Crippen molar-refractivity contribution in [2.75, 3.05) is 13.2 Å². The molecular formula is C12H19N3O2. The van der Waals surface area contributed by atoms with Crippen molar-refractivity contribution in [2.24, 2.45) is 0 Å². The van der Waals surface area contributed by atoms with Gasteiger partial charge in [0, 0.05) is 19.5 Å². The highest BCUT2D eigenvalue weighted by Crippen LogP contribution is 2.10. The number of aromatic nitrogens is 2. The second-order valence-electron chi connectivity index (χ2n) is 4.19. The molecule has 0 amide bonds. The quantitative estimate of drug-likeness (QED) is 0.790. The van der Waals surface area contributed by atoms with Crippen LogP contribution in [0.2, 0.25) is 0 Å². The van der Waals surface area contributed by atoms with Crippen LogP contribution in [-0.4, -0.2) is 28.9 Å². The summed E-state index contributed by atoms with van der Waals surface area (Å²) >= 11 is 0. The van der Waals surface area contributed by atoms with Crippen molar-refractivity contribution in [3.8, 4) is 0 Å². The minimum Gasteiger partial charge on any atom is -0.466 e. The Labute approximate surface area is 101 Å². The first-order chi connectivity index (χ1) is 8.29. The lowest BCUT2D eigenvalue weighted by atomic mass is 10.2. The molecule has 2 rings (SSSR count). The third-order valence-electron chi connectivity index (χ3n) is 2.83. The Balaban J connectivity index is 1.91. The van der Waals surface area contributed by atoms with Gasteiger partial charge in [-0.05, 0) is 26.0 Å². The normalized spacial score (nSPS) is 15.1. The van der Waals surface area contributed by atoms with Crippen molar-refractivity contribution < 1.29 is 9.53 Å². The Kier molecular flexibility index (Phi) is 4.14. The van der Waals surface area contributed by atoms with E-state index in [4.69, 9.17) is 4.74 Å². The van der Waals surface area contributed by atoms with E-state index < -0.39 is 0 Å². The van der Waals surface area contributed by atoms with E-state index in [1.807, 2.05) is 11.6 Å². The summed E-state index contributed by atoms with van der Waals surface area (Å²) in [4.78, 5) is 11.2. The van der Waals surface area contributed by atoms with Gasteiger partial charge in [0.2, 0.25) is 0 Å². The zero-order valence-electron chi connectivity index (χ0n) is 10.2. The van der Waals surface area contributed by atoms with Gasteiger partial charge in [0.1, 0.15) is 0 Å². The second kappa shape index (κ2) is 5.82. The first kappa shape index (κ1) is 12.1. The molecule has 5 heteroatoms. The maximum Gasteiger partial charge on any atom is 0.306 e. The third-order valence-corrected chi connectivity index (χ3v) is 2.83. The zero-order chi connectivity index (χ0) is 12.1. The van der Waals surface area contributed by atoms with Crippen LogP contribution in [-0.2, 0) is 29.0 Å². The molecule has 1 aromatic rings. The summed E-state index contributed by atoms with van der Waals surface area (Å²) in [6, 6.07) is 2.08. The van der Waals surface area contributed by atoms with Crippen LogP contribution in [0.4, 0.5) is 0 Å². The zero-order valence-corrected chi connectivity index (χ0v) is 10.2. The van der Waals surface area contributed by atoms with Crippen LogP contribution in [0.15, 0.2) is 6.07 Å². The number of esters is 1. The van der Waals surface area contributed by atoms with Gasteiger partial charge in [0.25, 0.3) is 0 Å². The Bertz CT molecular complexity index is 364. The van der Waals surface area contributed by atoms with Crippen molar-refractivity contribution in [2.45, 2.75) is 39.3 Å². The number of carbonyl (C=O) groups excluding carboxylic acids is 1. The number of hydrogen-bond donors (Lipinski definition) is 1. The summed E-state index contributed by atoms with van der Waals surface area (Å²) in [5, 5.41) is 7.86. The molecule has 0 atom stereocenters. The van der Waals surface area contributed by atoms with Gasteiger partial charge >= 0.3 is 5.97 Å². The molecule has 5 nitrogen and oxygen atoms in total. The highest BCUT2D eigenvalue weighted by Gasteiger charge is 2.11. The van der Waals surface area contributed by atoms with Crippen LogP contribution in [0.5, 0.6) is 0 Å². The average molecular weight is 237 g/mol. The fourth-order valence-electron chi connectivity index (χ4n) is 2.01. The monoisotopic (exact) mass is 237 g/mol. The third kappa shape index (κ3) is 3.30. The minimum atomic E-state index is -0.145. The fourth-order valence-corrected chi connectivity index (χ4v) is 2.01. The van der Waals surface area contributed by atoms with Crippen molar-refractivity contribution >= 4 is 5.97 Å². The van der Waals surface area contributed by atoms with E-state index in [-0.39, 0.29) is 5.97 Å². The van der Waals surface area contributed by atoms with E-state index >= 15 is 0 Å². The summed E-state index contributed by atoms with van der Waals surface area (Å²) in [7, 11) is 0. The predicted molar refractivity (Wildman–Crippen MR) is 63.5 cm³/mol. The Morgan fingerprint density at radius 3 is 3.35 bits per heavy atom. The number of aryl methyl sites for hydroxylation is 2.